The van der Waals surface area contributed by atoms with Crippen LogP contribution in [0, 0.1) is 17.6 Å². The van der Waals surface area contributed by atoms with Gasteiger partial charge in [0.1, 0.15) is 5.82 Å². The van der Waals surface area contributed by atoms with Crippen molar-refractivity contribution in [2.45, 2.75) is 45.4 Å². The van der Waals surface area contributed by atoms with Gasteiger partial charge in [0.15, 0.2) is 11.6 Å². The Morgan fingerprint density at radius 2 is 1.72 bits per heavy atom. The zero-order valence-corrected chi connectivity index (χ0v) is 17.4. The molecule has 5 rings (SSSR count). The second kappa shape index (κ2) is 7.56. The number of benzene rings is 3. The van der Waals surface area contributed by atoms with Crippen molar-refractivity contribution in [2.75, 3.05) is 6.61 Å². The van der Waals surface area contributed by atoms with Gasteiger partial charge in [-0.15, -0.1) is 11.3 Å². The van der Waals surface area contributed by atoms with Gasteiger partial charge in [0.05, 0.1) is 16.0 Å². The standard InChI is InChI=1S/C25H24F2OS/c1-2-5-15-8-9-17-13-20-18-10-11-21(28-14-16-6-3-4-7-16)23(27)24(18)29-25(20)22(26)19(17)12-15/h8-13,16H,2-7,14H2,1H3. The third-order valence-corrected chi connectivity index (χ3v) is 7.35. The zero-order chi connectivity index (χ0) is 20.0. The zero-order valence-electron chi connectivity index (χ0n) is 16.6. The first kappa shape index (κ1) is 18.8. The van der Waals surface area contributed by atoms with Crippen molar-refractivity contribution < 1.29 is 13.5 Å². The van der Waals surface area contributed by atoms with Crippen LogP contribution >= 0.6 is 11.3 Å². The van der Waals surface area contributed by atoms with Crippen molar-refractivity contribution in [3.8, 4) is 5.75 Å². The van der Waals surface area contributed by atoms with Crippen molar-refractivity contribution in [1.82, 2.24) is 0 Å². The van der Waals surface area contributed by atoms with Gasteiger partial charge >= 0.3 is 0 Å². The minimum atomic E-state index is -0.364. The summed E-state index contributed by atoms with van der Waals surface area (Å²) in [6, 6.07) is 11.5. The van der Waals surface area contributed by atoms with Crippen molar-refractivity contribution in [3.05, 3.63) is 53.6 Å². The highest BCUT2D eigenvalue weighted by Crippen LogP contribution is 2.42. The fourth-order valence-electron chi connectivity index (χ4n) is 4.57. The maximum Gasteiger partial charge on any atom is 0.182 e. The number of hydrogen-bond donors (Lipinski definition) is 0. The Bertz CT molecular complexity index is 1200. The summed E-state index contributed by atoms with van der Waals surface area (Å²) in [5.74, 6) is 0.194. The molecule has 0 amide bonds. The van der Waals surface area contributed by atoms with E-state index in [0.717, 1.165) is 47.4 Å². The second-order valence-electron chi connectivity index (χ2n) is 8.19. The van der Waals surface area contributed by atoms with Gasteiger partial charge in [0.25, 0.3) is 0 Å². The largest absolute Gasteiger partial charge is 0.490 e. The quantitative estimate of drug-likeness (QED) is 0.324. The van der Waals surface area contributed by atoms with E-state index in [0.29, 0.717) is 27.3 Å². The SMILES string of the molecule is CCCc1ccc2cc3c(sc4c(F)c(OCC5CCCC5)ccc43)c(F)c2c1. The molecule has 1 aliphatic carbocycles. The fraction of sp³-hybridized carbons (Fsp3) is 0.360. The first-order valence-corrected chi connectivity index (χ1v) is 11.4. The number of rotatable bonds is 5. The van der Waals surface area contributed by atoms with Crippen LogP contribution in [0.3, 0.4) is 0 Å². The molecule has 0 spiro atoms. The summed E-state index contributed by atoms with van der Waals surface area (Å²) in [4.78, 5) is 0. The molecular weight excluding hydrogens is 386 g/mol. The molecule has 4 heteroatoms. The molecule has 1 fully saturated rings. The Hall–Kier alpha value is -2.20. The molecule has 1 heterocycles. The van der Waals surface area contributed by atoms with Gasteiger partial charge in [-0.1, -0.05) is 38.3 Å². The number of fused-ring (bicyclic) bond motifs is 4. The Morgan fingerprint density at radius 3 is 2.52 bits per heavy atom. The maximum atomic E-state index is 15.4. The smallest absolute Gasteiger partial charge is 0.182 e. The predicted octanol–water partition coefficient (Wildman–Crippen LogP) is 8.01. The van der Waals surface area contributed by atoms with E-state index in [1.807, 2.05) is 24.3 Å². The van der Waals surface area contributed by atoms with Gasteiger partial charge in [-0.25, -0.2) is 8.78 Å². The van der Waals surface area contributed by atoms with E-state index in [1.165, 1.54) is 24.2 Å². The first-order valence-electron chi connectivity index (χ1n) is 10.5. The summed E-state index contributed by atoms with van der Waals surface area (Å²) >= 11 is 1.19. The van der Waals surface area contributed by atoms with Gasteiger partial charge in [0, 0.05) is 16.2 Å². The molecule has 1 aliphatic rings. The topological polar surface area (TPSA) is 9.23 Å². The fourth-order valence-corrected chi connectivity index (χ4v) is 5.73. The normalized spacial score (nSPS) is 15.1. The van der Waals surface area contributed by atoms with Gasteiger partial charge in [-0.05, 0) is 60.4 Å². The van der Waals surface area contributed by atoms with Crippen molar-refractivity contribution in [2.24, 2.45) is 5.92 Å². The molecule has 0 bridgehead atoms. The van der Waals surface area contributed by atoms with Crippen LogP contribution < -0.4 is 4.74 Å². The third-order valence-electron chi connectivity index (χ3n) is 6.14. The molecule has 0 radical (unpaired) electrons. The number of halogens is 2. The molecule has 0 atom stereocenters. The molecule has 4 aromatic rings. The number of ether oxygens (including phenoxy) is 1. The Morgan fingerprint density at radius 1 is 0.931 bits per heavy atom. The van der Waals surface area contributed by atoms with Crippen LogP contribution in [0.1, 0.15) is 44.6 Å². The molecule has 0 N–H and O–H groups in total. The highest BCUT2D eigenvalue weighted by atomic mass is 32.1. The van der Waals surface area contributed by atoms with Crippen LogP contribution in [0.2, 0.25) is 0 Å². The van der Waals surface area contributed by atoms with E-state index in [1.54, 1.807) is 6.07 Å². The number of thiophene rings is 1. The summed E-state index contributed by atoms with van der Waals surface area (Å²) in [6.07, 6.45) is 6.73. The molecule has 3 aromatic carbocycles. The highest BCUT2D eigenvalue weighted by Gasteiger charge is 2.20. The van der Waals surface area contributed by atoms with E-state index in [9.17, 15) is 0 Å². The van der Waals surface area contributed by atoms with Crippen molar-refractivity contribution >= 4 is 42.3 Å². The first-order chi connectivity index (χ1) is 14.2. The summed E-state index contributed by atoms with van der Waals surface area (Å²) in [7, 11) is 0. The van der Waals surface area contributed by atoms with E-state index in [2.05, 4.69) is 13.0 Å². The predicted molar refractivity (Wildman–Crippen MR) is 118 cm³/mol. The summed E-state index contributed by atoms with van der Waals surface area (Å²) in [5.41, 5.74) is 1.13. The van der Waals surface area contributed by atoms with Crippen LogP contribution in [0.5, 0.6) is 5.75 Å². The van der Waals surface area contributed by atoms with Crippen molar-refractivity contribution in [3.63, 3.8) is 0 Å². The van der Waals surface area contributed by atoms with Crippen LogP contribution in [0.4, 0.5) is 8.78 Å². The van der Waals surface area contributed by atoms with E-state index in [-0.39, 0.29) is 17.4 Å². The molecule has 29 heavy (non-hydrogen) atoms. The second-order valence-corrected chi connectivity index (χ2v) is 9.21. The average Bonchev–Trinajstić information content (AvgIpc) is 3.37. The number of aryl methyl sites for hydroxylation is 1. The lowest BCUT2D eigenvalue weighted by molar-refractivity contribution is 0.243. The molecule has 1 saturated carbocycles. The van der Waals surface area contributed by atoms with Crippen LogP contribution in [-0.4, -0.2) is 6.61 Å². The van der Waals surface area contributed by atoms with Gasteiger partial charge in [-0.2, -0.15) is 0 Å². The molecular formula is C25H24F2OS. The molecule has 0 unspecified atom stereocenters. The molecule has 0 saturated heterocycles. The van der Waals surface area contributed by atoms with Gasteiger partial charge in [-0.3, -0.25) is 0 Å². The van der Waals surface area contributed by atoms with Crippen LogP contribution in [0.25, 0.3) is 30.9 Å². The molecule has 1 nitrogen and oxygen atoms in total. The Balaban J connectivity index is 1.60. The van der Waals surface area contributed by atoms with Gasteiger partial charge in [0.2, 0.25) is 0 Å². The van der Waals surface area contributed by atoms with Crippen molar-refractivity contribution in [1.29, 1.82) is 0 Å². The Kier molecular flexibility index (Phi) is 4.91. The lowest BCUT2D eigenvalue weighted by atomic mass is 10.0. The lowest BCUT2D eigenvalue weighted by Crippen LogP contribution is -2.08. The minimum absolute atomic E-state index is 0.246. The molecule has 0 aliphatic heterocycles. The summed E-state index contributed by atoms with van der Waals surface area (Å²) in [5, 5.41) is 3.01. The minimum Gasteiger partial charge on any atom is -0.490 e. The summed E-state index contributed by atoms with van der Waals surface area (Å²) < 4.78 is 37.4. The maximum absolute atomic E-state index is 15.4. The van der Waals surface area contributed by atoms with Crippen LogP contribution in [-0.2, 0) is 6.42 Å². The van der Waals surface area contributed by atoms with E-state index in [4.69, 9.17) is 4.74 Å². The summed E-state index contributed by atoms with van der Waals surface area (Å²) in [6.45, 7) is 2.68. The van der Waals surface area contributed by atoms with Gasteiger partial charge < -0.3 is 4.74 Å². The Labute approximate surface area is 173 Å². The molecule has 150 valence electrons. The van der Waals surface area contributed by atoms with E-state index < -0.39 is 0 Å². The average molecular weight is 411 g/mol. The number of hydrogen-bond acceptors (Lipinski definition) is 2. The lowest BCUT2D eigenvalue weighted by Gasteiger charge is -2.12. The monoisotopic (exact) mass is 410 g/mol. The third kappa shape index (κ3) is 3.28. The van der Waals surface area contributed by atoms with Crippen LogP contribution in [0.15, 0.2) is 36.4 Å². The van der Waals surface area contributed by atoms with E-state index >= 15 is 8.78 Å². The molecule has 1 aromatic heterocycles. The highest BCUT2D eigenvalue weighted by molar-refractivity contribution is 7.26.